The van der Waals surface area contributed by atoms with E-state index in [2.05, 4.69) is 17.4 Å². The number of ether oxygens (including phenoxy) is 2. The summed E-state index contributed by atoms with van der Waals surface area (Å²) in [5.74, 6) is 0.538. The van der Waals surface area contributed by atoms with E-state index in [0.29, 0.717) is 6.61 Å². The molecule has 0 amide bonds. The zero-order chi connectivity index (χ0) is 20.2. The van der Waals surface area contributed by atoms with Crippen LogP contribution in [0, 0.1) is 0 Å². The van der Waals surface area contributed by atoms with Gasteiger partial charge in [-0.3, -0.25) is 0 Å². The maximum absolute atomic E-state index is 11.5. The van der Waals surface area contributed by atoms with E-state index in [1.807, 2.05) is 30.3 Å². The highest BCUT2D eigenvalue weighted by Gasteiger charge is 2.23. The van der Waals surface area contributed by atoms with Crippen molar-refractivity contribution in [2.45, 2.75) is 19.9 Å². The van der Waals surface area contributed by atoms with Crippen molar-refractivity contribution < 1.29 is 14.3 Å². The Morgan fingerprint density at radius 2 is 2.07 bits per heavy atom. The number of carbonyl (C=O) groups excluding carboxylic acids is 1. The maximum atomic E-state index is 11.5. The van der Waals surface area contributed by atoms with Crippen molar-refractivity contribution in [2.75, 3.05) is 19.0 Å². The van der Waals surface area contributed by atoms with Gasteiger partial charge in [-0.1, -0.05) is 30.3 Å². The van der Waals surface area contributed by atoms with Crippen LogP contribution >= 0.6 is 11.3 Å². The second kappa shape index (κ2) is 8.49. The molecule has 0 radical (unpaired) electrons. The van der Waals surface area contributed by atoms with E-state index in [0.717, 1.165) is 35.1 Å². The van der Waals surface area contributed by atoms with Gasteiger partial charge in [-0.05, 0) is 41.8 Å². The molecule has 1 heterocycles. The molecule has 6 heteroatoms. The number of hydrogen-bond donors (Lipinski definition) is 1. The van der Waals surface area contributed by atoms with Gasteiger partial charge in [0.1, 0.15) is 5.75 Å². The Balaban J connectivity index is 1.43. The number of rotatable bonds is 7. The molecular weight excluding hydrogens is 384 g/mol. The van der Waals surface area contributed by atoms with Crippen LogP contribution in [0.1, 0.15) is 28.5 Å². The number of nitrogens with zero attached hydrogens (tertiary/aromatic N) is 1. The molecule has 1 aliphatic carbocycles. The average molecular weight is 407 g/mol. The molecule has 0 unspecified atom stereocenters. The van der Waals surface area contributed by atoms with Crippen molar-refractivity contribution in [1.82, 2.24) is 4.98 Å². The van der Waals surface area contributed by atoms with Crippen LogP contribution in [0.3, 0.4) is 0 Å². The first kappa shape index (κ1) is 19.2. The Hall–Kier alpha value is -3.12. The van der Waals surface area contributed by atoms with Gasteiger partial charge in [-0.15, -0.1) is 11.3 Å². The average Bonchev–Trinajstić information content (AvgIpc) is 3.28. The molecule has 0 spiro atoms. The van der Waals surface area contributed by atoms with Gasteiger partial charge in [0.2, 0.25) is 0 Å². The van der Waals surface area contributed by atoms with Gasteiger partial charge in [0.15, 0.2) is 5.13 Å². The molecule has 1 N–H and O–H groups in total. The van der Waals surface area contributed by atoms with Gasteiger partial charge in [-0.25, -0.2) is 9.78 Å². The fourth-order valence-electron chi connectivity index (χ4n) is 3.30. The SMILES string of the molecule is CCOC(=O)/C=C/c1ccc2c(c1)Cc1sc(NCc3ccc(OC)cc3)nc1-2. The van der Waals surface area contributed by atoms with Gasteiger partial charge in [0.05, 0.1) is 19.4 Å². The lowest BCUT2D eigenvalue weighted by Crippen LogP contribution is -1.99. The highest BCUT2D eigenvalue weighted by molar-refractivity contribution is 7.16. The molecule has 0 saturated heterocycles. The number of fused-ring (bicyclic) bond motifs is 3. The fraction of sp³-hybridized carbons (Fsp3) is 0.217. The van der Waals surface area contributed by atoms with Crippen LogP contribution in [-0.2, 0) is 22.5 Å². The number of anilines is 1. The first-order chi connectivity index (χ1) is 14.2. The van der Waals surface area contributed by atoms with E-state index in [4.69, 9.17) is 14.5 Å². The lowest BCUT2D eigenvalue weighted by atomic mass is 10.1. The first-order valence-corrected chi connectivity index (χ1v) is 10.3. The lowest BCUT2D eigenvalue weighted by molar-refractivity contribution is -0.137. The number of nitrogens with one attached hydrogen (secondary N) is 1. The summed E-state index contributed by atoms with van der Waals surface area (Å²) in [6, 6.07) is 14.2. The Bertz CT molecular complexity index is 1050. The van der Waals surface area contributed by atoms with E-state index in [9.17, 15) is 4.79 Å². The van der Waals surface area contributed by atoms with E-state index >= 15 is 0 Å². The summed E-state index contributed by atoms with van der Waals surface area (Å²) < 4.78 is 10.1. The first-order valence-electron chi connectivity index (χ1n) is 9.51. The monoisotopic (exact) mass is 406 g/mol. The van der Waals surface area contributed by atoms with Crippen LogP contribution in [0.5, 0.6) is 5.75 Å². The molecule has 0 atom stereocenters. The topological polar surface area (TPSA) is 60.5 Å². The molecule has 5 nitrogen and oxygen atoms in total. The molecular formula is C23H22N2O3S. The molecule has 0 saturated carbocycles. The number of thiazole rings is 1. The Morgan fingerprint density at radius 1 is 1.24 bits per heavy atom. The predicted octanol–water partition coefficient (Wildman–Crippen LogP) is 4.91. The van der Waals surface area contributed by atoms with Crippen LogP contribution in [0.15, 0.2) is 48.5 Å². The molecule has 0 fully saturated rings. The number of aromatic nitrogens is 1. The largest absolute Gasteiger partial charge is 0.497 e. The van der Waals surface area contributed by atoms with Crippen molar-refractivity contribution >= 4 is 28.5 Å². The third-order valence-corrected chi connectivity index (χ3v) is 5.75. The number of hydrogen-bond acceptors (Lipinski definition) is 6. The minimum atomic E-state index is -0.318. The molecule has 0 aliphatic heterocycles. The minimum Gasteiger partial charge on any atom is -0.497 e. The van der Waals surface area contributed by atoms with Gasteiger partial charge >= 0.3 is 5.97 Å². The summed E-state index contributed by atoms with van der Waals surface area (Å²) in [5.41, 5.74) is 5.64. The molecule has 0 bridgehead atoms. The van der Waals surface area contributed by atoms with Crippen molar-refractivity contribution in [3.63, 3.8) is 0 Å². The van der Waals surface area contributed by atoms with Gasteiger partial charge in [0, 0.05) is 29.5 Å². The van der Waals surface area contributed by atoms with E-state index in [1.54, 1.807) is 31.4 Å². The second-order valence-corrected chi connectivity index (χ2v) is 7.75. The predicted molar refractivity (Wildman–Crippen MR) is 116 cm³/mol. The summed E-state index contributed by atoms with van der Waals surface area (Å²) in [4.78, 5) is 17.6. The second-order valence-electron chi connectivity index (χ2n) is 6.67. The van der Waals surface area contributed by atoms with Gasteiger partial charge < -0.3 is 14.8 Å². The van der Waals surface area contributed by atoms with Crippen molar-refractivity contribution in [3.05, 3.63) is 70.1 Å². The zero-order valence-electron chi connectivity index (χ0n) is 16.4. The molecule has 4 rings (SSSR count). The van der Waals surface area contributed by atoms with E-state index in [-0.39, 0.29) is 5.97 Å². The summed E-state index contributed by atoms with van der Waals surface area (Å²) in [5, 5.41) is 4.35. The zero-order valence-corrected chi connectivity index (χ0v) is 17.2. The van der Waals surface area contributed by atoms with Crippen LogP contribution in [0.25, 0.3) is 17.3 Å². The van der Waals surface area contributed by atoms with Crippen LogP contribution in [0.2, 0.25) is 0 Å². The standard InChI is InChI=1S/C23H22N2O3S/c1-3-28-21(26)11-7-15-6-10-19-17(12-15)13-20-22(19)25-23(29-20)24-14-16-4-8-18(27-2)9-5-16/h4-12H,3,13-14H2,1-2H3,(H,24,25)/b11-7+. The quantitative estimate of drug-likeness (QED) is 0.349. The highest BCUT2D eigenvalue weighted by atomic mass is 32.1. The lowest BCUT2D eigenvalue weighted by Gasteiger charge is -2.05. The smallest absolute Gasteiger partial charge is 0.330 e. The Labute approximate surface area is 174 Å². The Kier molecular flexibility index (Phi) is 5.62. The summed E-state index contributed by atoms with van der Waals surface area (Å²) in [7, 11) is 1.67. The number of esters is 1. The molecule has 1 aliphatic rings. The summed E-state index contributed by atoms with van der Waals surface area (Å²) >= 11 is 1.70. The van der Waals surface area contributed by atoms with E-state index in [1.165, 1.54) is 27.6 Å². The van der Waals surface area contributed by atoms with Crippen molar-refractivity contribution in [2.24, 2.45) is 0 Å². The Morgan fingerprint density at radius 3 is 2.83 bits per heavy atom. The summed E-state index contributed by atoms with van der Waals surface area (Å²) in [6.45, 7) is 2.90. The number of carbonyl (C=O) groups is 1. The third-order valence-electron chi connectivity index (χ3n) is 4.73. The molecule has 1 aromatic heterocycles. The van der Waals surface area contributed by atoms with Gasteiger partial charge in [-0.2, -0.15) is 0 Å². The van der Waals surface area contributed by atoms with Crippen LogP contribution in [-0.4, -0.2) is 24.7 Å². The van der Waals surface area contributed by atoms with Crippen molar-refractivity contribution in [3.8, 4) is 17.0 Å². The molecule has 2 aromatic carbocycles. The molecule has 148 valence electrons. The minimum absolute atomic E-state index is 0.318. The highest BCUT2D eigenvalue weighted by Crippen LogP contribution is 2.41. The summed E-state index contributed by atoms with van der Waals surface area (Å²) in [6.07, 6.45) is 4.13. The van der Waals surface area contributed by atoms with Gasteiger partial charge in [0.25, 0.3) is 0 Å². The third kappa shape index (κ3) is 4.32. The van der Waals surface area contributed by atoms with Crippen LogP contribution in [0.4, 0.5) is 5.13 Å². The number of benzene rings is 2. The van der Waals surface area contributed by atoms with Crippen molar-refractivity contribution in [1.29, 1.82) is 0 Å². The number of methoxy groups -OCH3 is 1. The van der Waals surface area contributed by atoms with E-state index < -0.39 is 0 Å². The van der Waals surface area contributed by atoms with Crippen LogP contribution < -0.4 is 10.1 Å². The molecule has 29 heavy (non-hydrogen) atoms. The normalized spacial score (nSPS) is 11.9. The fourth-order valence-corrected chi connectivity index (χ4v) is 4.30. The molecule has 3 aromatic rings. The maximum Gasteiger partial charge on any atom is 0.330 e.